The summed E-state index contributed by atoms with van der Waals surface area (Å²) in [4.78, 5) is 17.6. The third-order valence-corrected chi connectivity index (χ3v) is 2.26. The van der Waals surface area contributed by atoms with Crippen molar-refractivity contribution in [3.05, 3.63) is 29.0 Å². The minimum atomic E-state index is -0.0286. The van der Waals surface area contributed by atoms with Crippen molar-refractivity contribution >= 4 is 17.5 Å². The van der Waals surface area contributed by atoms with E-state index in [2.05, 4.69) is 25.8 Å². The fraction of sp³-hybridized carbons (Fsp3) is 0.500. The molecule has 0 fully saturated rings. The van der Waals surface area contributed by atoms with Gasteiger partial charge in [0.25, 0.3) is 5.91 Å². The largest absolute Gasteiger partial charge is 0.341 e. The lowest BCUT2D eigenvalue weighted by molar-refractivity contribution is 0.0745. The molecule has 0 aliphatic heterocycles. The molecule has 0 saturated carbocycles. The number of pyridine rings is 1. The number of carbonyl (C=O) groups is 1. The molecular weight excluding hydrogens is 224 g/mol. The number of hydrogen-bond donors (Lipinski definition) is 0. The van der Waals surface area contributed by atoms with Crippen LogP contribution in [0.5, 0.6) is 0 Å². The molecule has 0 atom stereocenters. The summed E-state index contributed by atoms with van der Waals surface area (Å²) in [6.07, 6.45) is 1.50. The van der Waals surface area contributed by atoms with Gasteiger partial charge in [0.2, 0.25) is 0 Å². The second-order valence-electron chi connectivity index (χ2n) is 5.09. The van der Waals surface area contributed by atoms with Crippen LogP contribution in [-0.2, 0) is 0 Å². The quantitative estimate of drug-likeness (QED) is 0.745. The van der Waals surface area contributed by atoms with Crippen LogP contribution in [0.25, 0.3) is 0 Å². The molecule has 1 amide bonds. The summed E-state index contributed by atoms with van der Waals surface area (Å²) in [7, 11) is 1.79. The fourth-order valence-electron chi connectivity index (χ4n) is 1.51. The molecule has 0 radical (unpaired) electrons. The third kappa shape index (κ3) is 3.81. The van der Waals surface area contributed by atoms with E-state index in [1.165, 1.54) is 6.20 Å². The van der Waals surface area contributed by atoms with E-state index in [-0.39, 0.29) is 11.3 Å². The second kappa shape index (κ2) is 4.83. The van der Waals surface area contributed by atoms with Crippen LogP contribution in [0.2, 0.25) is 5.15 Å². The summed E-state index contributed by atoms with van der Waals surface area (Å²) in [5.41, 5.74) is 0.653. The average Bonchev–Trinajstić information content (AvgIpc) is 2.15. The van der Waals surface area contributed by atoms with Crippen molar-refractivity contribution in [2.75, 3.05) is 13.6 Å². The van der Waals surface area contributed by atoms with Gasteiger partial charge in [-0.05, 0) is 17.5 Å². The van der Waals surface area contributed by atoms with Gasteiger partial charge in [0, 0.05) is 19.8 Å². The number of halogens is 1. The minimum Gasteiger partial charge on any atom is -0.341 e. The van der Waals surface area contributed by atoms with Gasteiger partial charge >= 0.3 is 0 Å². The molecule has 1 aromatic heterocycles. The van der Waals surface area contributed by atoms with Crippen LogP contribution in [0.4, 0.5) is 0 Å². The second-order valence-corrected chi connectivity index (χ2v) is 5.48. The van der Waals surface area contributed by atoms with Gasteiger partial charge in [0.1, 0.15) is 5.15 Å². The van der Waals surface area contributed by atoms with Crippen molar-refractivity contribution < 1.29 is 4.79 Å². The van der Waals surface area contributed by atoms with Crippen molar-refractivity contribution in [3.8, 4) is 0 Å². The molecule has 0 aliphatic carbocycles. The molecule has 1 rings (SSSR count). The maximum Gasteiger partial charge on any atom is 0.255 e. The molecule has 1 aromatic rings. The molecule has 0 spiro atoms. The van der Waals surface area contributed by atoms with E-state index in [4.69, 9.17) is 11.6 Å². The first-order chi connectivity index (χ1) is 7.29. The molecule has 16 heavy (non-hydrogen) atoms. The highest BCUT2D eigenvalue weighted by Gasteiger charge is 2.18. The Kier molecular flexibility index (Phi) is 3.92. The highest BCUT2D eigenvalue weighted by molar-refractivity contribution is 6.29. The number of rotatable bonds is 2. The van der Waals surface area contributed by atoms with E-state index in [9.17, 15) is 4.79 Å². The molecule has 1 heterocycles. The van der Waals surface area contributed by atoms with Gasteiger partial charge in [-0.25, -0.2) is 4.98 Å². The monoisotopic (exact) mass is 240 g/mol. The number of carbonyl (C=O) groups excluding carboxylic acids is 1. The van der Waals surface area contributed by atoms with Crippen LogP contribution in [0.3, 0.4) is 0 Å². The van der Waals surface area contributed by atoms with Crippen LogP contribution < -0.4 is 0 Å². The smallest absolute Gasteiger partial charge is 0.255 e. The van der Waals surface area contributed by atoms with Gasteiger partial charge in [-0.2, -0.15) is 0 Å². The Morgan fingerprint density at radius 2 is 2.06 bits per heavy atom. The average molecular weight is 241 g/mol. The predicted octanol–water partition coefficient (Wildman–Crippen LogP) is 2.85. The van der Waals surface area contributed by atoms with Crippen molar-refractivity contribution in [1.29, 1.82) is 0 Å². The Labute approximate surface area is 101 Å². The first-order valence-corrected chi connectivity index (χ1v) is 5.54. The molecule has 0 aromatic carbocycles. The molecule has 0 saturated heterocycles. The van der Waals surface area contributed by atoms with E-state index < -0.39 is 0 Å². The summed E-state index contributed by atoms with van der Waals surface area (Å²) in [5.74, 6) is -0.0286. The van der Waals surface area contributed by atoms with Crippen LogP contribution in [0.15, 0.2) is 18.3 Å². The lowest BCUT2D eigenvalue weighted by Crippen LogP contribution is -2.34. The lowest BCUT2D eigenvalue weighted by Gasteiger charge is -2.26. The molecule has 0 N–H and O–H groups in total. The Morgan fingerprint density at radius 1 is 1.44 bits per heavy atom. The van der Waals surface area contributed by atoms with Gasteiger partial charge in [0.05, 0.1) is 5.56 Å². The Hall–Kier alpha value is -1.09. The zero-order chi connectivity index (χ0) is 12.3. The topological polar surface area (TPSA) is 33.2 Å². The molecule has 0 aliphatic rings. The Morgan fingerprint density at radius 3 is 2.50 bits per heavy atom. The van der Waals surface area contributed by atoms with E-state index in [1.54, 1.807) is 24.1 Å². The van der Waals surface area contributed by atoms with Gasteiger partial charge in [0.15, 0.2) is 0 Å². The molecule has 4 heteroatoms. The number of hydrogen-bond acceptors (Lipinski definition) is 2. The number of aromatic nitrogens is 1. The van der Waals surface area contributed by atoms with Gasteiger partial charge in [-0.3, -0.25) is 4.79 Å². The van der Waals surface area contributed by atoms with E-state index >= 15 is 0 Å². The van der Waals surface area contributed by atoms with E-state index in [1.807, 2.05) is 0 Å². The maximum atomic E-state index is 12.0. The summed E-state index contributed by atoms with van der Waals surface area (Å²) in [6.45, 7) is 6.99. The summed E-state index contributed by atoms with van der Waals surface area (Å²) < 4.78 is 0. The maximum absolute atomic E-state index is 12.0. The molecular formula is C12H17ClN2O. The van der Waals surface area contributed by atoms with Crippen molar-refractivity contribution in [3.63, 3.8) is 0 Å². The molecule has 3 nitrogen and oxygen atoms in total. The van der Waals surface area contributed by atoms with Crippen molar-refractivity contribution in [2.24, 2.45) is 5.41 Å². The highest BCUT2D eigenvalue weighted by atomic mass is 35.5. The standard InChI is InChI=1S/C12H17ClN2O/c1-12(2,3)8-15(4)11(16)9-5-6-10(13)14-7-9/h5-7H,8H2,1-4H3. The van der Waals surface area contributed by atoms with Crippen LogP contribution in [0.1, 0.15) is 31.1 Å². The van der Waals surface area contributed by atoms with Crippen LogP contribution in [-0.4, -0.2) is 29.4 Å². The van der Waals surface area contributed by atoms with Gasteiger partial charge < -0.3 is 4.90 Å². The SMILES string of the molecule is CN(CC(C)(C)C)C(=O)c1ccc(Cl)nc1. The third-order valence-electron chi connectivity index (χ3n) is 2.03. The van der Waals surface area contributed by atoms with E-state index in [0.29, 0.717) is 17.3 Å². The fourth-order valence-corrected chi connectivity index (χ4v) is 1.62. The Bertz CT molecular complexity index is 368. The van der Waals surface area contributed by atoms with Crippen LogP contribution in [0, 0.1) is 5.41 Å². The number of amides is 1. The molecule has 88 valence electrons. The molecule has 0 unspecified atom stereocenters. The summed E-state index contributed by atoms with van der Waals surface area (Å²) >= 11 is 5.67. The number of nitrogens with zero attached hydrogens (tertiary/aromatic N) is 2. The lowest BCUT2D eigenvalue weighted by atomic mass is 9.96. The van der Waals surface area contributed by atoms with Crippen molar-refractivity contribution in [2.45, 2.75) is 20.8 Å². The normalized spacial score (nSPS) is 11.3. The van der Waals surface area contributed by atoms with Crippen molar-refractivity contribution in [1.82, 2.24) is 9.88 Å². The van der Waals surface area contributed by atoms with E-state index in [0.717, 1.165) is 0 Å². The summed E-state index contributed by atoms with van der Waals surface area (Å²) in [5, 5.41) is 0.398. The zero-order valence-electron chi connectivity index (χ0n) is 10.1. The first-order valence-electron chi connectivity index (χ1n) is 5.16. The van der Waals surface area contributed by atoms with Gasteiger partial charge in [-0.1, -0.05) is 32.4 Å². The minimum absolute atomic E-state index is 0.0286. The zero-order valence-corrected chi connectivity index (χ0v) is 10.9. The summed E-state index contributed by atoms with van der Waals surface area (Å²) in [6, 6.07) is 3.32. The first kappa shape index (κ1) is 13.0. The predicted molar refractivity (Wildman–Crippen MR) is 65.7 cm³/mol. The Balaban J connectivity index is 2.74. The molecule has 0 bridgehead atoms. The van der Waals surface area contributed by atoms with Gasteiger partial charge in [-0.15, -0.1) is 0 Å². The van der Waals surface area contributed by atoms with Crippen LogP contribution >= 0.6 is 11.6 Å². The highest BCUT2D eigenvalue weighted by Crippen LogP contribution is 2.16.